The molecule has 0 atom stereocenters. The van der Waals surface area contributed by atoms with Gasteiger partial charge in [-0.05, 0) is 35.9 Å². The fourth-order valence-corrected chi connectivity index (χ4v) is 3.22. The Balaban J connectivity index is 1.66. The van der Waals surface area contributed by atoms with Crippen LogP contribution in [0.4, 0.5) is 5.95 Å². The molecule has 0 radical (unpaired) electrons. The molecule has 0 bridgehead atoms. The van der Waals surface area contributed by atoms with Crippen LogP contribution in [0.25, 0.3) is 22.1 Å². The number of nitrogens with zero attached hydrogens (tertiary/aromatic N) is 5. The Morgan fingerprint density at radius 2 is 1.80 bits per heavy atom. The number of benzene rings is 2. The van der Waals surface area contributed by atoms with E-state index in [1.807, 2.05) is 54.1 Å². The van der Waals surface area contributed by atoms with Crippen molar-refractivity contribution in [2.24, 2.45) is 12.1 Å². The number of aryl methyl sites for hydroxylation is 1. The molecule has 0 saturated heterocycles. The van der Waals surface area contributed by atoms with Crippen molar-refractivity contribution in [3.05, 3.63) is 57.0 Å². The largest absolute Gasteiger partial charge is 0.327 e. The number of fused-ring (bicyclic) bond motifs is 3. The zero-order valence-electron chi connectivity index (χ0n) is 13.1. The predicted molar refractivity (Wildman–Crippen MR) is 107 cm³/mol. The number of hydrazone groups is 1. The fourth-order valence-electron chi connectivity index (χ4n) is 2.59. The smallest absolute Gasteiger partial charge is 0.265 e. The minimum absolute atomic E-state index is 0.353. The Kier molecular flexibility index (Phi) is 4.22. The maximum absolute atomic E-state index is 4.53. The normalized spacial score (nSPS) is 11.6. The van der Waals surface area contributed by atoms with Gasteiger partial charge in [0.25, 0.3) is 5.95 Å². The first-order chi connectivity index (χ1) is 12.1. The van der Waals surface area contributed by atoms with Crippen LogP contribution < -0.4 is 5.43 Å². The van der Waals surface area contributed by atoms with Crippen LogP contribution in [0.3, 0.4) is 0 Å². The number of aromatic nitrogens is 4. The highest BCUT2D eigenvalue weighted by Gasteiger charge is 2.12. The first-order valence-corrected chi connectivity index (χ1v) is 9.03. The van der Waals surface area contributed by atoms with Crippen molar-refractivity contribution in [3.63, 3.8) is 0 Å². The summed E-state index contributed by atoms with van der Waals surface area (Å²) in [6, 6.07) is 13.9. The zero-order chi connectivity index (χ0) is 17.4. The van der Waals surface area contributed by atoms with Crippen LogP contribution >= 0.6 is 31.9 Å². The molecule has 0 amide bonds. The third kappa shape index (κ3) is 3.14. The lowest BCUT2D eigenvalue weighted by Gasteiger charge is -1.99. The van der Waals surface area contributed by atoms with E-state index in [0.717, 1.165) is 36.6 Å². The lowest BCUT2D eigenvalue weighted by Crippen LogP contribution is -2.00. The molecule has 2 aromatic carbocycles. The summed E-state index contributed by atoms with van der Waals surface area (Å²) in [5.41, 5.74) is 6.38. The number of hydrogen-bond donors (Lipinski definition) is 1. The molecular formula is C17H12Br2N6. The second kappa shape index (κ2) is 6.53. The van der Waals surface area contributed by atoms with Crippen molar-refractivity contribution in [2.45, 2.75) is 0 Å². The van der Waals surface area contributed by atoms with Crippen LogP contribution in [0.15, 0.2) is 56.5 Å². The summed E-state index contributed by atoms with van der Waals surface area (Å²) < 4.78 is 4.02. The molecular weight excluding hydrogens is 448 g/mol. The van der Waals surface area contributed by atoms with E-state index in [4.69, 9.17) is 0 Å². The molecule has 4 rings (SSSR count). The van der Waals surface area contributed by atoms with Crippen LogP contribution in [0.2, 0.25) is 0 Å². The maximum Gasteiger partial charge on any atom is 0.265 e. The summed E-state index contributed by atoms with van der Waals surface area (Å²) in [6.07, 6.45) is 1.71. The van der Waals surface area contributed by atoms with E-state index in [-0.39, 0.29) is 0 Å². The monoisotopic (exact) mass is 458 g/mol. The van der Waals surface area contributed by atoms with Crippen LogP contribution in [-0.4, -0.2) is 26.0 Å². The zero-order valence-corrected chi connectivity index (χ0v) is 16.3. The predicted octanol–water partition coefficient (Wildman–Crippen LogP) is 4.49. The molecule has 0 aliphatic heterocycles. The Morgan fingerprint density at radius 1 is 1.04 bits per heavy atom. The van der Waals surface area contributed by atoms with Gasteiger partial charge in [-0.25, -0.2) is 5.43 Å². The average Bonchev–Trinajstić information content (AvgIpc) is 2.88. The lowest BCUT2D eigenvalue weighted by atomic mass is 10.2. The summed E-state index contributed by atoms with van der Waals surface area (Å²) >= 11 is 6.90. The molecule has 25 heavy (non-hydrogen) atoms. The molecule has 0 saturated carbocycles. The van der Waals surface area contributed by atoms with Crippen LogP contribution in [0.5, 0.6) is 0 Å². The van der Waals surface area contributed by atoms with E-state index in [1.165, 1.54) is 0 Å². The van der Waals surface area contributed by atoms with E-state index < -0.39 is 0 Å². The lowest BCUT2D eigenvalue weighted by molar-refractivity contribution is 0.949. The summed E-state index contributed by atoms with van der Waals surface area (Å²) in [5.74, 6) is 0.353. The van der Waals surface area contributed by atoms with E-state index in [2.05, 4.69) is 57.6 Å². The Morgan fingerprint density at radius 3 is 2.60 bits per heavy atom. The van der Waals surface area contributed by atoms with Gasteiger partial charge in [0.15, 0.2) is 5.65 Å². The van der Waals surface area contributed by atoms with Crippen LogP contribution in [0, 0.1) is 0 Å². The van der Waals surface area contributed by atoms with Gasteiger partial charge in [-0.3, -0.25) is 0 Å². The minimum Gasteiger partial charge on any atom is -0.327 e. The highest BCUT2D eigenvalue weighted by molar-refractivity contribution is 9.10. The van der Waals surface area contributed by atoms with Gasteiger partial charge < -0.3 is 4.57 Å². The molecule has 0 fully saturated rings. The fraction of sp³-hybridized carbons (Fsp3) is 0.0588. The van der Waals surface area contributed by atoms with Crippen LogP contribution in [-0.2, 0) is 7.05 Å². The number of anilines is 1. The molecule has 0 unspecified atom stereocenters. The summed E-state index contributed by atoms with van der Waals surface area (Å²) in [6.45, 7) is 0. The molecule has 0 aliphatic rings. The second-order valence-electron chi connectivity index (χ2n) is 5.45. The highest BCUT2D eigenvalue weighted by atomic mass is 79.9. The molecule has 0 aliphatic carbocycles. The molecule has 2 aromatic heterocycles. The Hall–Kier alpha value is -2.32. The van der Waals surface area contributed by atoms with Crippen molar-refractivity contribution in [1.82, 2.24) is 19.7 Å². The first-order valence-electron chi connectivity index (χ1n) is 7.45. The summed E-state index contributed by atoms with van der Waals surface area (Å²) in [5, 5.41) is 13.6. The Labute approximate surface area is 160 Å². The molecule has 1 N–H and O–H groups in total. The Bertz CT molecular complexity index is 1100. The molecule has 0 spiro atoms. The van der Waals surface area contributed by atoms with Gasteiger partial charge in [0.2, 0.25) is 0 Å². The van der Waals surface area contributed by atoms with Crippen molar-refractivity contribution in [2.75, 3.05) is 5.43 Å². The van der Waals surface area contributed by atoms with Gasteiger partial charge in [-0.2, -0.15) is 10.1 Å². The quantitative estimate of drug-likeness (QED) is 0.362. The van der Waals surface area contributed by atoms with E-state index in [9.17, 15) is 0 Å². The highest BCUT2D eigenvalue weighted by Crippen LogP contribution is 2.27. The third-order valence-corrected chi connectivity index (χ3v) is 4.83. The average molecular weight is 460 g/mol. The van der Waals surface area contributed by atoms with Gasteiger partial charge in [0, 0.05) is 21.4 Å². The molecule has 124 valence electrons. The number of halogens is 2. The summed E-state index contributed by atoms with van der Waals surface area (Å²) in [7, 11) is 1.96. The van der Waals surface area contributed by atoms with Crippen molar-refractivity contribution >= 4 is 66.1 Å². The van der Waals surface area contributed by atoms with Gasteiger partial charge in [-0.1, -0.05) is 44.0 Å². The third-order valence-electron chi connectivity index (χ3n) is 3.81. The van der Waals surface area contributed by atoms with E-state index in [1.54, 1.807) is 6.21 Å². The van der Waals surface area contributed by atoms with Gasteiger partial charge in [0.1, 0.15) is 5.52 Å². The van der Waals surface area contributed by atoms with E-state index in [0.29, 0.717) is 5.95 Å². The van der Waals surface area contributed by atoms with Crippen molar-refractivity contribution < 1.29 is 0 Å². The van der Waals surface area contributed by atoms with Crippen molar-refractivity contribution in [3.8, 4) is 0 Å². The molecule has 4 aromatic rings. The van der Waals surface area contributed by atoms with Gasteiger partial charge >= 0.3 is 0 Å². The molecule has 2 heterocycles. The first kappa shape index (κ1) is 16.2. The minimum atomic E-state index is 0.353. The second-order valence-corrected chi connectivity index (χ2v) is 7.28. The molecule has 6 nitrogen and oxygen atoms in total. The van der Waals surface area contributed by atoms with E-state index >= 15 is 0 Å². The van der Waals surface area contributed by atoms with Gasteiger partial charge in [-0.15, -0.1) is 10.2 Å². The maximum atomic E-state index is 4.53. The van der Waals surface area contributed by atoms with Crippen LogP contribution in [0.1, 0.15) is 5.56 Å². The number of hydrogen-bond acceptors (Lipinski definition) is 5. The van der Waals surface area contributed by atoms with Crippen molar-refractivity contribution in [1.29, 1.82) is 0 Å². The SMILES string of the molecule is Cn1c2ccc(Br)cc2c2nnc(NN=Cc3ccc(Br)cc3)nc21. The molecule has 8 heteroatoms. The summed E-state index contributed by atoms with van der Waals surface area (Å²) in [4.78, 5) is 4.53. The number of nitrogens with one attached hydrogen (secondary N) is 1. The van der Waals surface area contributed by atoms with Gasteiger partial charge in [0.05, 0.1) is 11.7 Å². The standard InChI is InChI=1S/C17H12Br2N6/c1-25-14-7-6-12(19)8-13(14)15-16(25)21-17(24-22-15)23-20-9-10-2-4-11(18)5-3-10/h2-9H,1H3,(H,21,23,24). The topological polar surface area (TPSA) is 68.0 Å². The number of rotatable bonds is 3.